The summed E-state index contributed by atoms with van der Waals surface area (Å²) in [7, 11) is -3.74. The molecule has 2 heterocycles. The molecule has 0 atom stereocenters. The molecule has 9 heteroatoms. The molecule has 138 valence electrons. The molecule has 0 saturated carbocycles. The van der Waals surface area contributed by atoms with Crippen LogP contribution in [0.15, 0.2) is 46.1 Å². The molecular formula is C18H13ClFN3O3S. The van der Waals surface area contributed by atoms with E-state index in [4.69, 9.17) is 11.6 Å². The number of sulfone groups is 1. The zero-order valence-corrected chi connectivity index (χ0v) is 15.6. The van der Waals surface area contributed by atoms with Gasteiger partial charge in [0.1, 0.15) is 15.9 Å². The van der Waals surface area contributed by atoms with Crippen LogP contribution in [0.2, 0.25) is 5.15 Å². The topological polar surface area (TPSA) is 95.7 Å². The zero-order valence-electron chi connectivity index (χ0n) is 14.0. The SMILES string of the molecule is CCS(=O)(=O)c1c(Cl)nc2cc3[nH][nH]c(=O)c3cc2c1-c1ccc(F)cc1. The Bertz CT molecular complexity index is 1360. The Labute approximate surface area is 157 Å². The number of nitrogens with zero attached hydrogens (tertiary/aromatic N) is 1. The van der Waals surface area contributed by atoms with E-state index in [1.54, 1.807) is 12.1 Å². The molecule has 0 aliphatic heterocycles. The van der Waals surface area contributed by atoms with Gasteiger partial charge in [0.2, 0.25) is 0 Å². The molecule has 4 rings (SSSR count). The Morgan fingerprint density at radius 1 is 1.11 bits per heavy atom. The molecule has 0 aliphatic rings. The van der Waals surface area contributed by atoms with Crippen molar-refractivity contribution in [3.63, 3.8) is 0 Å². The van der Waals surface area contributed by atoms with E-state index in [-0.39, 0.29) is 21.4 Å². The quantitative estimate of drug-likeness (QED) is 0.508. The van der Waals surface area contributed by atoms with Crippen molar-refractivity contribution in [3.8, 4) is 11.1 Å². The highest BCUT2D eigenvalue weighted by Gasteiger charge is 2.26. The number of nitrogens with one attached hydrogen (secondary N) is 2. The Kier molecular flexibility index (Phi) is 4.05. The third kappa shape index (κ3) is 2.81. The highest BCUT2D eigenvalue weighted by Crippen LogP contribution is 2.39. The van der Waals surface area contributed by atoms with Crippen molar-refractivity contribution in [1.82, 2.24) is 15.2 Å². The number of hydrogen-bond donors (Lipinski definition) is 2. The first-order valence-corrected chi connectivity index (χ1v) is 10.1. The van der Waals surface area contributed by atoms with E-state index >= 15 is 0 Å². The second-order valence-corrected chi connectivity index (χ2v) is 8.58. The maximum absolute atomic E-state index is 13.4. The molecule has 0 saturated heterocycles. The molecule has 0 unspecified atom stereocenters. The summed E-state index contributed by atoms with van der Waals surface area (Å²) in [4.78, 5) is 16.1. The van der Waals surface area contributed by atoms with Crippen LogP contribution in [0.25, 0.3) is 32.9 Å². The van der Waals surface area contributed by atoms with Gasteiger partial charge in [0.15, 0.2) is 9.84 Å². The number of rotatable bonds is 3. The van der Waals surface area contributed by atoms with Gasteiger partial charge < -0.3 is 0 Å². The molecule has 2 aromatic heterocycles. The van der Waals surface area contributed by atoms with Crippen LogP contribution >= 0.6 is 11.6 Å². The lowest BCUT2D eigenvalue weighted by Crippen LogP contribution is -2.08. The van der Waals surface area contributed by atoms with Gasteiger partial charge in [0, 0.05) is 10.9 Å². The lowest BCUT2D eigenvalue weighted by atomic mass is 10.00. The molecule has 0 aliphatic carbocycles. The average molecular weight is 406 g/mol. The highest BCUT2D eigenvalue weighted by molar-refractivity contribution is 7.91. The van der Waals surface area contributed by atoms with Crippen molar-refractivity contribution in [3.05, 3.63) is 57.7 Å². The van der Waals surface area contributed by atoms with Crippen molar-refractivity contribution in [2.24, 2.45) is 0 Å². The average Bonchev–Trinajstić information content (AvgIpc) is 2.99. The summed E-state index contributed by atoms with van der Waals surface area (Å²) in [6.07, 6.45) is 0. The van der Waals surface area contributed by atoms with E-state index in [9.17, 15) is 17.6 Å². The van der Waals surface area contributed by atoms with Gasteiger partial charge in [0.05, 0.1) is 22.2 Å². The van der Waals surface area contributed by atoms with E-state index in [2.05, 4.69) is 15.2 Å². The van der Waals surface area contributed by atoms with Crippen LogP contribution in [0, 0.1) is 5.82 Å². The minimum atomic E-state index is -3.74. The molecule has 27 heavy (non-hydrogen) atoms. The normalized spacial score (nSPS) is 12.1. The summed E-state index contributed by atoms with van der Waals surface area (Å²) in [6, 6.07) is 8.60. The third-order valence-corrected chi connectivity index (χ3v) is 6.58. The van der Waals surface area contributed by atoms with E-state index in [1.807, 2.05) is 0 Å². The van der Waals surface area contributed by atoms with Gasteiger partial charge in [-0.15, -0.1) is 0 Å². The fourth-order valence-electron chi connectivity index (χ4n) is 3.08. The molecule has 0 fully saturated rings. The van der Waals surface area contributed by atoms with Gasteiger partial charge in [-0.3, -0.25) is 15.0 Å². The maximum atomic E-state index is 13.4. The van der Waals surface area contributed by atoms with E-state index in [0.29, 0.717) is 32.9 Å². The molecular weight excluding hydrogens is 393 g/mol. The molecule has 0 radical (unpaired) electrons. The number of fused-ring (bicyclic) bond motifs is 2. The van der Waals surface area contributed by atoms with Crippen LogP contribution in [-0.4, -0.2) is 29.4 Å². The second-order valence-electron chi connectivity index (χ2n) is 6.01. The van der Waals surface area contributed by atoms with Crippen LogP contribution in [0.5, 0.6) is 0 Å². The van der Waals surface area contributed by atoms with Gasteiger partial charge >= 0.3 is 0 Å². The van der Waals surface area contributed by atoms with Crippen LogP contribution < -0.4 is 5.56 Å². The minimum Gasteiger partial charge on any atom is -0.297 e. The van der Waals surface area contributed by atoms with Crippen LogP contribution in [0.1, 0.15) is 6.92 Å². The van der Waals surface area contributed by atoms with Crippen molar-refractivity contribution < 1.29 is 12.8 Å². The highest BCUT2D eigenvalue weighted by atomic mass is 35.5. The fraction of sp³-hybridized carbons (Fsp3) is 0.111. The first-order chi connectivity index (χ1) is 12.8. The van der Waals surface area contributed by atoms with E-state index in [1.165, 1.54) is 31.2 Å². The van der Waals surface area contributed by atoms with Gasteiger partial charge in [-0.05, 0) is 29.8 Å². The Hall–Kier alpha value is -2.71. The van der Waals surface area contributed by atoms with Crippen molar-refractivity contribution in [2.75, 3.05) is 5.75 Å². The maximum Gasteiger partial charge on any atom is 0.271 e. The minimum absolute atomic E-state index is 0.128. The van der Waals surface area contributed by atoms with Crippen LogP contribution in [0.3, 0.4) is 0 Å². The number of H-pyrrole nitrogens is 2. The molecule has 6 nitrogen and oxygen atoms in total. The number of aromatic nitrogens is 3. The number of benzene rings is 2. The lowest BCUT2D eigenvalue weighted by Gasteiger charge is -2.15. The third-order valence-electron chi connectivity index (χ3n) is 4.42. The van der Waals surface area contributed by atoms with Gasteiger partial charge in [-0.25, -0.2) is 17.8 Å². The monoisotopic (exact) mass is 405 g/mol. The lowest BCUT2D eigenvalue weighted by molar-refractivity contribution is 0.597. The Morgan fingerprint density at radius 2 is 1.81 bits per heavy atom. The summed E-state index contributed by atoms with van der Waals surface area (Å²) in [5.74, 6) is -0.631. The number of pyridine rings is 1. The number of aromatic amines is 2. The zero-order chi connectivity index (χ0) is 19.3. The Morgan fingerprint density at radius 3 is 2.48 bits per heavy atom. The fourth-order valence-corrected chi connectivity index (χ4v) is 4.74. The summed E-state index contributed by atoms with van der Waals surface area (Å²) in [5.41, 5.74) is 1.36. The molecule has 0 amide bonds. The first-order valence-electron chi connectivity index (χ1n) is 8.04. The van der Waals surface area contributed by atoms with E-state index in [0.717, 1.165) is 0 Å². The van der Waals surface area contributed by atoms with E-state index < -0.39 is 15.7 Å². The van der Waals surface area contributed by atoms with Crippen molar-refractivity contribution in [2.45, 2.75) is 11.8 Å². The largest absolute Gasteiger partial charge is 0.297 e. The van der Waals surface area contributed by atoms with Crippen LogP contribution in [0.4, 0.5) is 4.39 Å². The molecule has 0 bridgehead atoms. The summed E-state index contributed by atoms with van der Waals surface area (Å²) in [6.45, 7) is 1.50. The predicted octanol–water partition coefficient (Wildman–Crippen LogP) is 3.66. The number of halogens is 2. The smallest absolute Gasteiger partial charge is 0.271 e. The molecule has 0 spiro atoms. The summed E-state index contributed by atoms with van der Waals surface area (Å²) >= 11 is 6.27. The van der Waals surface area contributed by atoms with Gasteiger partial charge in [-0.1, -0.05) is 30.7 Å². The molecule has 2 N–H and O–H groups in total. The van der Waals surface area contributed by atoms with Gasteiger partial charge in [-0.2, -0.15) is 0 Å². The summed E-state index contributed by atoms with van der Waals surface area (Å²) in [5, 5.41) is 5.84. The standard InChI is InChI=1S/C18H13ClFN3O3S/c1-2-27(25,26)16-15(9-3-5-10(20)6-4-9)11-7-12-14(22-23-18(12)24)8-13(11)21-17(16)19/h3-8H,2H2,1H3,(H2,22,23,24). The molecule has 4 aromatic rings. The second kappa shape index (κ2) is 6.17. The number of hydrogen-bond acceptors (Lipinski definition) is 4. The van der Waals surface area contributed by atoms with Crippen molar-refractivity contribution >= 4 is 43.2 Å². The van der Waals surface area contributed by atoms with Gasteiger partial charge in [0.25, 0.3) is 5.56 Å². The van der Waals surface area contributed by atoms with Crippen LogP contribution in [-0.2, 0) is 9.84 Å². The summed E-state index contributed by atoms with van der Waals surface area (Å²) < 4.78 is 38.9. The molecule has 2 aromatic carbocycles. The Balaban J connectivity index is 2.24. The first kappa shape index (κ1) is 17.7. The predicted molar refractivity (Wildman–Crippen MR) is 102 cm³/mol. The van der Waals surface area contributed by atoms with Crippen molar-refractivity contribution in [1.29, 1.82) is 0 Å².